The van der Waals surface area contributed by atoms with Crippen LogP contribution in [0.25, 0.3) is 5.57 Å². The molecule has 0 unspecified atom stereocenters. The number of benzene rings is 2. The highest BCUT2D eigenvalue weighted by molar-refractivity contribution is 7.46. The molecule has 168 valence electrons. The number of hydrogen-bond acceptors (Lipinski definition) is 4. The summed E-state index contributed by atoms with van der Waals surface area (Å²) in [6.45, 7) is 7.44. The summed E-state index contributed by atoms with van der Waals surface area (Å²) in [4.78, 5) is 18.0. The van der Waals surface area contributed by atoms with E-state index in [9.17, 15) is 4.57 Å². The van der Waals surface area contributed by atoms with Gasteiger partial charge in [-0.25, -0.2) is 4.57 Å². The van der Waals surface area contributed by atoms with E-state index in [0.717, 1.165) is 33.5 Å². The summed E-state index contributed by atoms with van der Waals surface area (Å²) in [6.07, 6.45) is 3.70. The number of hydrogen-bond donors (Lipinski definition) is 3. The minimum absolute atomic E-state index is 0.339. The van der Waals surface area contributed by atoms with Gasteiger partial charge in [0.2, 0.25) is 0 Å². The Morgan fingerprint density at radius 2 is 1.50 bits per heavy atom. The molecular weight excluding hydrogens is 470 g/mol. The maximum absolute atomic E-state index is 11.1. The standard InChI is InChI=1S/C23H23Cl2N2O4P/c1-12-8-16(9-13(2)22(12)26)20(21-18(24)6-5-7-19(21)25)17-10-14(3)23(15(4)11-17)27-31-32(28,29)30/h5-11H,26H2,1-4H3,(H2,28,29,30). The van der Waals surface area contributed by atoms with Crippen LogP contribution in [0.5, 0.6) is 0 Å². The lowest BCUT2D eigenvalue weighted by molar-refractivity contribution is 0.205. The second-order valence-corrected chi connectivity index (χ2v) is 9.58. The average molecular weight is 493 g/mol. The first-order chi connectivity index (χ1) is 14.9. The molecule has 1 aliphatic carbocycles. The van der Waals surface area contributed by atoms with Crippen LogP contribution < -0.4 is 5.73 Å². The molecule has 2 aromatic rings. The van der Waals surface area contributed by atoms with Crippen molar-refractivity contribution in [2.75, 3.05) is 5.73 Å². The molecule has 1 aliphatic rings. The zero-order valence-electron chi connectivity index (χ0n) is 18.0. The van der Waals surface area contributed by atoms with E-state index in [4.69, 9.17) is 38.7 Å². The molecule has 0 fully saturated rings. The number of aryl methyl sites for hydroxylation is 2. The van der Waals surface area contributed by atoms with Crippen LogP contribution in [0.15, 0.2) is 64.4 Å². The Kier molecular flexibility index (Phi) is 7.03. The Morgan fingerprint density at radius 1 is 1.00 bits per heavy atom. The number of nitrogens with two attached hydrogens (primary N) is 1. The van der Waals surface area contributed by atoms with Crippen molar-refractivity contribution < 1.29 is 19.0 Å². The van der Waals surface area contributed by atoms with Crippen LogP contribution in [0.4, 0.5) is 5.69 Å². The molecule has 0 heterocycles. The van der Waals surface area contributed by atoms with Crippen LogP contribution in [-0.4, -0.2) is 15.5 Å². The monoisotopic (exact) mass is 492 g/mol. The fourth-order valence-corrected chi connectivity index (χ4v) is 4.42. The third-order valence-corrected chi connectivity index (χ3v) is 6.04. The van der Waals surface area contributed by atoms with Gasteiger partial charge in [-0.15, -0.1) is 0 Å². The summed E-state index contributed by atoms with van der Waals surface area (Å²) >= 11 is 13.2. The van der Waals surface area contributed by atoms with E-state index in [1.165, 1.54) is 0 Å². The maximum Gasteiger partial charge on any atom is 0.545 e. The van der Waals surface area contributed by atoms with E-state index in [-0.39, 0.29) is 0 Å². The van der Waals surface area contributed by atoms with Crippen molar-refractivity contribution in [3.8, 4) is 0 Å². The number of oxime groups is 1. The summed E-state index contributed by atoms with van der Waals surface area (Å²) in [5.74, 6) is 0. The lowest BCUT2D eigenvalue weighted by atomic mass is 9.85. The predicted molar refractivity (Wildman–Crippen MR) is 131 cm³/mol. The highest BCUT2D eigenvalue weighted by Gasteiger charge is 2.22. The Labute approximate surface area is 196 Å². The van der Waals surface area contributed by atoms with Crippen molar-refractivity contribution in [2.24, 2.45) is 5.16 Å². The van der Waals surface area contributed by atoms with Gasteiger partial charge in [0.25, 0.3) is 0 Å². The molecule has 0 spiro atoms. The van der Waals surface area contributed by atoms with Crippen molar-refractivity contribution in [3.05, 3.63) is 91.5 Å². The number of phosphoric acid groups is 1. The van der Waals surface area contributed by atoms with Crippen LogP contribution >= 0.6 is 31.0 Å². The van der Waals surface area contributed by atoms with Crippen molar-refractivity contribution in [2.45, 2.75) is 27.7 Å². The number of nitrogens with zero attached hydrogens (tertiary/aromatic N) is 1. The third kappa shape index (κ3) is 5.17. The lowest BCUT2D eigenvalue weighted by Crippen LogP contribution is -2.09. The summed E-state index contributed by atoms with van der Waals surface area (Å²) in [5, 5.41) is 4.64. The molecule has 0 aromatic heterocycles. The van der Waals surface area contributed by atoms with Gasteiger partial charge in [0, 0.05) is 21.3 Å². The smallest absolute Gasteiger partial charge is 0.398 e. The molecule has 9 heteroatoms. The van der Waals surface area contributed by atoms with Gasteiger partial charge in [-0.3, -0.25) is 14.4 Å². The molecule has 0 amide bonds. The molecule has 0 radical (unpaired) electrons. The first kappa shape index (κ1) is 24.3. The lowest BCUT2D eigenvalue weighted by Gasteiger charge is -2.21. The Hall–Kier alpha value is -2.34. The largest absolute Gasteiger partial charge is 0.545 e. The molecule has 0 saturated carbocycles. The fourth-order valence-electron chi connectivity index (χ4n) is 3.65. The van der Waals surface area contributed by atoms with Crippen LogP contribution in [0.3, 0.4) is 0 Å². The molecule has 0 bridgehead atoms. The zero-order valence-corrected chi connectivity index (χ0v) is 20.4. The van der Waals surface area contributed by atoms with Gasteiger partial charge in [-0.05, 0) is 103 Å². The molecule has 6 nitrogen and oxygen atoms in total. The fraction of sp³-hybridized carbons (Fsp3) is 0.174. The van der Waals surface area contributed by atoms with Crippen LogP contribution in [0.1, 0.15) is 36.1 Å². The highest BCUT2D eigenvalue weighted by Crippen LogP contribution is 2.41. The first-order valence-electron chi connectivity index (χ1n) is 9.64. The second-order valence-electron chi connectivity index (χ2n) is 7.62. The molecule has 4 N–H and O–H groups in total. The SMILES string of the molecule is CC1=CC(=C(c2cc(C)c(N)c(C)c2)c2c(Cl)cccc2Cl)C=C(C)C1=NOP(=O)(O)O. The molecule has 32 heavy (non-hydrogen) atoms. The maximum atomic E-state index is 11.1. The zero-order chi connectivity index (χ0) is 23.8. The van der Waals surface area contributed by atoms with Gasteiger partial charge in [0.15, 0.2) is 0 Å². The normalized spacial score (nSPS) is 14.1. The van der Waals surface area contributed by atoms with Crippen LogP contribution in [0, 0.1) is 13.8 Å². The summed E-state index contributed by atoms with van der Waals surface area (Å²) in [6, 6.07) is 9.30. The Balaban J connectivity index is 2.32. The van der Waals surface area contributed by atoms with Gasteiger partial charge in [-0.2, -0.15) is 0 Å². The summed E-state index contributed by atoms with van der Waals surface area (Å²) < 4.78 is 15.4. The minimum Gasteiger partial charge on any atom is -0.398 e. The molecule has 0 atom stereocenters. The quantitative estimate of drug-likeness (QED) is 0.261. The highest BCUT2D eigenvalue weighted by atomic mass is 35.5. The molecule has 0 aliphatic heterocycles. The van der Waals surface area contributed by atoms with E-state index in [1.54, 1.807) is 32.0 Å². The van der Waals surface area contributed by atoms with Crippen LogP contribution in [-0.2, 0) is 9.19 Å². The summed E-state index contributed by atoms with van der Waals surface area (Å²) in [7, 11) is -4.74. The first-order valence-corrected chi connectivity index (χ1v) is 11.9. The van der Waals surface area contributed by atoms with Crippen molar-refractivity contribution in [1.82, 2.24) is 0 Å². The average Bonchev–Trinajstić information content (AvgIpc) is 2.67. The Morgan fingerprint density at radius 3 is 1.97 bits per heavy atom. The van der Waals surface area contributed by atoms with Gasteiger partial charge in [0.05, 0.1) is 0 Å². The van der Waals surface area contributed by atoms with E-state index in [2.05, 4.69) is 9.78 Å². The van der Waals surface area contributed by atoms with Crippen molar-refractivity contribution in [1.29, 1.82) is 0 Å². The number of anilines is 1. The minimum atomic E-state index is -4.74. The van der Waals surface area contributed by atoms with E-state index >= 15 is 0 Å². The molecule has 2 aromatic carbocycles. The van der Waals surface area contributed by atoms with E-state index < -0.39 is 7.82 Å². The molecule has 3 rings (SSSR count). The predicted octanol–water partition coefficient (Wildman–Crippen LogP) is 6.37. The van der Waals surface area contributed by atoms with Gasteiger partial charge in [0.1, 0.15) is 5.71 Å². The van der Waals surface area contributed by atoms with Gasteiger partial charge < -0.3 is 5.73 Å². The second kappa shape index (κ2) is 9.26. The third-order valence-electron chi connectivity index (χ3n) is 5.11. The Bertz CT molecular complexity index is 1210. The van der Waals surface area contributed by atoms with Crippen LogP contribution in [0.2, 0.25) is 10.0 Å². The number of allylic oxidation sites excluding steroid dienone is 5. The number of rotatable bonds is 4. The van der Waals surface area contributed by atoms with Crippen molar-refractivity contribution in [3.63, 3.8) is 0 Å². The van der Waals surface area contributed by atoms with Gasteiger partial charge in [-0.1, -0.05) is 34.4 Å². The summed E-state index contributed by atoms with van der Waals surface area (Å²) in [5.41, 5.74) is 13.6. The van der Waals surface area contributed by atoms with E-state index in [1.807, 2.05) is 38.1 Å². The van der Waals surface area contributed by atoms with E-state index in [0.29, 0.717) is 32.5 Å². The molecular formula is C23H23Cl2N2O4P. The number of nitrogen functional groups attached to an aromatic ring is 1. The topological polar surface area (TPSA) is 105 Å². The van der Waals surface area contributed by atoms with Gasteiger partial charge >= 0.3 is 7.82 Å². The van der Waals surface area contributed by atoms with Crippen molar-refractivity contribution >= 4 is 48.0 Å². The number of halogens is 2. The molecule has 0 saturated heterocycles.